The molecule has 0 spiro atoms. The Balaban J connectivity index is 1.85. The fraction of sp³-hybridized carbons (Fsp3) is 0.158. The number of benzene rings is 2. The van der Waals surface area contributed by atoms with Gasteiger partial charge in [-0.05, 0) is 36.8 Å². The average Bonchev–Trinajstić information content (AvgIpc) is 3.09. The minimum atomic E-state index is 0.471. The number of hydrogen-bond donors (Lipinski definition) is 0. The van der Waals surface area contributed by atoms with Gasteiger partial charge in [0.1, 0.15) is 0 Å². The van der Waals surface area contributed by atoms with Crippen molar-refractivity contribution in [2.45, 2.75) is 19.8 Å². The van der Waals surface area contributed by atoms with Gasteiger partial charge in [0.05, 0.1) is 0 Å². The molecule has 0 amide bonds. The van der Waals surface area contributed by atoms with Crippen molar-refractivity contribution in [3.8, 4) is 0 Å². The van der Waals surface area contributed by atoms with Crippen molar-refractivity contribution in [1.82, 2.24) is 0 Å². The molecule has 2 heteroatoms. The van der Waals surface area contributed by atoms with Gasteiger partial charge in [0.2, 0.25) is 0 Å². The van der Waals surface area contributed by atoms with E-state index in [1.54, 1.807) is 0 Å². The zero-order valence-corrected chi connectivity index (χ0v) is 13.7. The third kappa shape index (κ3) is 2.19. The summed E-state index contributed by atoms with van der Waals surface area (Å²) < 4.78 is 2.78. The smallest absolute Gasteiger partial charge is 0.0358 e. The van der Waals surface area contributed by atoms with Crippen molar-refractivity contribution in [2.75, 3.05) is 0 Å². The van der Waals surface area contributed by atoms with E-state index in [4.69, 9.17) is 0 Å². The molecule has 0 N–H and O–H groups in total. The Morgan fingerprint density at radius 2 is 1.62 bits per heavy atom. The molecule has 0 aliphatic carbocycles. The molecule has 0 aliphatic heterocycles. The first-order valence-electron chi connectivity index (χ1n) is 7.20. The van der Waals surface area contributed by atoms with Gasteiger partial charge < -0.3 is 0 Å². The van der Waals surface area contributed by atoms with Crippen LogP contribution in [0.1, 0.15) is 28.2 Å². The molecule has 2 heterocycles. The van der Waals surface area contributed by atoms with Crippen molar-refractivity contribution in [2.24, 2.45) is 0 Å². The summed E-state index contributed by atoms with van der Waals surface area (Å²) in [5, 5.41) is 2.76. The summed E-state index contributed by atoms with van der Waals surface area (Å²) in [6.45, 7) is 4.48. The summed E-state index contributed by atoms with van der Waals surface area (Å²) >= 11 is 3.80. The third-order valence-electron chi connectivity index (χ3n) is 4.09. The van der Waals surface area contributed by atoms with Crippen molar-refractivity contribution in [1.29, 1.82) is 0 Å². The summed E-state index contributed by atoms with van der Waals surface area (Å²) in [4.78, 5) is 2.84. The lowest BCUT2D eigenvalue weighted by Crippen LogP contribution is -1.92. The molecule has 21 heavy (non-hydrogen) atoms. The average molecular weight is 308 g/mol. The van der Waals surface area contributed by atoms with E-state index < -0.39 is 0 Å². The second-order valence-corrected chi connectivity index (χ2v) is 7.93. The highest BCUT2D eigenvalue weighted by molar-refractivity contribution is 7.25. The van der Waals surface area contributed by atoms with E-state index in [1.165, 1.54) is 35.5 Å². The lowest BCUT2D eigenvalue weighted by Gasteiger charge is -2.10. The number of aryl methyl sites for hydroxylation is 1. The van der Waals surface area contributed by atoms with Crippen LogP contribution in [-0.4, -0.2) is 0 Å². The maximum atomic E-state index is 2.37. The Hall–Kier alpha value is -1.64. The minimum Gasteiger partial charge on any atom is -0.145 e. The fourth-order valence-electron chi connectivity index (χ4n) is 2.86. The van der Waals surface area contributed by atoms with E-state index in [1.807, 2.05) is 22.7 Å². The van der Waals surface area contributed by atoms with Crippen molar-refractivity contribution in [3.05, 3.63) is 69.9 Å². The zero-order chi connectivity index (χ0) is 14.4. The summed E-state index contributed by atoms with van der Waals surface area (Å²) in [6.07, 6.45) is 0. The van der Waals surface area contributed by atoms with Gasteiger partial charge in [-0.1, -0.05) is 37.3 Å². The normalized spacial score (nSPS) is 13.0. The Morgan fingerprint density at radius 3 is 2.43 bits per heavy atom. The first-order valence-corrected chi connectivity index (χ1v) is 8.83. The van der Waals surface area contributed by atoms with Gasteiger partial charge in [-0.25, -0.2) is 0 Å². The monoisotopic (exact) mass is 308 g/mol. The van der Waals surface area contributed by atoms with Crippen LogP contribution < -0.4 is 0 Å². The zero-order valence-electron chi connectivity index (χ0n) is 12.1. The predicted molar refractivity (Wildman–Crippen MR) is 95.9 cm³/mol. The molecule has 0 nitrogen and oxygen atoms in total. The topological polar surface area (TPSA) is 0 Å². The fourth-order valence-corrected chi connectivity index (χ4v) is 4.97. The minimum absolute atomic E-state index is 0.471. The van der Waals surface area contributed by atoms with Crippen LogP contribution >= 0.6 is 22.7 Å². The van der Waals surface area contributed by atoms with Crippen LogP contribution in [0.3, 0.4) is 0 Å². The predicted octanol–water partition coefficient (Wildman–Crippen LogP) is 6.58. The van der Waals surface area contributed by atoms with E-state index in [9.17, 15) is 0 Å². The highest BCUT2D eigenvalue weighted by Gasteiger charge is 2.12. The molecule has 1 atom stereocenters. The molecular formula is C19H16S2. The number of rotatable bonds is 2. The highest BCUT2D eigenvalue weighted by Crippen LogP contribution is 2.37. The Morgan fingerprint density at radius 1 is 0.810 bits per heavy atom. The van der Waals surface area contributed by atoms with Crippen molar-refractivity contribution in [3.63, 3.8) is 0 Å². The van der Waals surface area contributed by atoms with Crippen LogP contribution in [0.15, 0.2) is 54.6 Å². The standard InChI is InChI=1S/C19H16S2/c1-12-7-10-17(20-12)13(2)14-8-9-16-15-5-3-4-6-18(15)21-19(16)11-14/h3-11,13H,1-2H3. The molecule has 0 saturated carbocycles. The van der Waals surface area contributed by atoms with E-state index in [-0.39, 0.29) is 0 Å². The first-order chi connectivity index (χ1) is 10.2. The summed E-state index contributed by atoms with van der Waals surface area (Å²) in [7, 11) is 0. The molecule has 2 aromatic heterocycles. The van der Waals surface area contributed by atoms with E-state index in [0.29, 0.717) is 5.92 Å². The van der Waals surface area contributed by atoms with Gasteiger partial charge >= 0.3 is 0 Å². The molecule has 4 aromatic rings. The maximum Gasteiger partial charge on any atom is 0.0358 e. The lowest BCUT2D eigenvalue weighted by molar-refractivity contribution is 0.951. The summed E-state index contributed by atoms with van der Waals surface area (Å²) in [5.41, 5.74) is 1.41. The second kappa shape index (κ2) is 4.97. The molecular weight excluding hydrogens is 292 g/mol. The molecule has 2 aromatic carbocycles. The van der Waals surface area contributed by atoms with Gasteiger partial charge in [-0.15, -0.1) is 22.7 Å². The van der Waals surface area contributed by atoms with Gasteiger partial charge in [-0.3, -0.25) is 0 Å². The van der Waals surface area contributed by atoms with E-state index in [2.05, 4.69) is 68.4 Å². The number of hydrogen-bond acceptors (Lipinski definition) is 2. The molecule has 4 rings (SSSR count). The molecule has 0 fully saturated rings. The van der Waals surface area contributed by atoms with Crippen LogP contribution in [0.5, 0.6) is 0 Å². The Kier molecular flexibility index (Phi) is 3.09. The Bertz CT molecular complexity index is 927. The SMILES string of the molecule is Cc1ccc(C(C)c2ccc3c(c2)sc2ccccc23)s1. The van der Waals surface area contributed by atoms with Crippen LogP contribution in [0.2, 0.25) is 0 Å². The van der Waals surface area contributed by atoms with Crippen LogP contribution in [0, 0.1) is 6.92 Å². The molecule has 0 radical (unpaired) electrons. The highest BCUT2D eigenvalue weighted by atomic mass is 32.1. The van der Waals surface area contributed by atoms with Crippen LogP contribution in [0.4, 0.5) is 0 Å². The lowest BCUT2D eigenvalue weighted by atomic mass is 9.98. The van der Waals surface area contributed by atoms with E-state index in [0.717, 1.165) is 0 Å². The first kappa shape index (κ1) is 13.1. The van der Waals surface area contributed by atoms with Gasteiger partial charge in [0, 0.05) is 35.8 Å². The largest absolute Gasteiger partial charge is 0.145 e. The van der Waals surface area contributed by atoms with Crippen LogP contribution in [-0.2, 0) is 0 Å². The quantitative estimate of drug-likeness (QED) is 0.392. The molecule has 1 unspecified atom stereocenters. The molecule has 0 saturated heterocycles. The number of thiophene rings is 2. The number of fused-ring (bicyclic) bond motifs is 3. The summed E-state index contributed by atoms with van der Waals surface area (Å²) in [6, 6.07) is 20.1. The maximum absolute atomic E-state index is 2.37. The Labute approximate surface area is 132 Å². The second-order valence-electron chi connectivity index (χ2n) is 5.52. The van der Waals surface area contributed by atoms with E-state index >= 15 is 0 Å². The third-order valence-corrected chi connectivity index (χ3v) is 6.41. The molecule has 0 bridgehead atoms. The van der Waals surface area contributed by atoms with Gasteiger partial charge in [0.25, 0.3) is 0 Å². The molecule has 104 valence electrons. The molecule has 0 aliphatic rings. The van der Waals surface area contributed by atoms with Crippen LogP contribution in [0.25, 0.3) is 20.2 Å². The van der Waals surface area contributed by atoms with Gasteiger partial charge in [0.15, 0.2) is 0 Å². The van der Waals surface area contributed by atoms with Gasteiger partial charge in [-0.2, -0.15) is 0 Å². The van der Waals surface area contributed by atoms with Crippen molar-refractivity contribution < 1.29 is 0 Å². The summed E-state index contributed by atoms with van der Waals surface area (Å²) in [5.74, 6) is 0.471. The van der Waals surface area contributed by atoms with Crippen molar-refractivity contribution >= 4 is 42.8 Å².